The van der Waals surface area contributed by atoms with E-state index in [4.69, 9.17) is 11.6 Å². The van der Waals surface area contributed by atoms with Gasteiger partial charge >= 0.3 is 0 Å². The van der Waals surface area contributed by atoms with E-state index < -0.39 is 6.04 Å². The van der Waals surface area contributed by atoms with Crippen LogP contribution in [0.5, 0.6) is 0 Å². The molecule has 1 fully saturated rings. The summed E-state index contributed by atoms with van der Waals surface area (Å²) in [6.45, 7) is 6.40. The van der Waals surface area contributed by atoms with Gasteiger partial charge in [0.05, 0.1) is 27.3 Å². The lowest BCUT2D eigenvalue weighted by Gasteiger charge is -2.21. The molecule has 2 aromatic rings. The second kappa shape index (κ2) is 11.0. The fourth-order valence-electron chi connectivity index (χ4n) is 4.00. The lowest BCUT2D eigenvalue weighted by atomic mass is 9.97. The zero-order valence-electron chi connectivity index (χ0n) is 18.3. The molecule has 8 heteroatoms. The van der Waals surface area contributed by atoms with Crippen LogP contribution < -0.4 is 16.0 Å². The third-order valence-electron chi connectivity index (χ3n) is 5.72. The second-order valence-electron chi connectivity index (χ2n) is 8.16. The van der Waals surface area contributed by atoms with Gasteiger partial charge in [0.25, 0.3) is 5.91 Å². The summed E-state index contributed by atoms with van der Waals surface area (Å²) in [5.74, 6) is 0.211. The smallest absolute Gasteiger partial charge is 0.262 e. The van der Waals surface area contributed by atoms with E-state index in [9.17, 15) is 9.59 Å². The van der Waals surface area contributed by atoms with Gasteiger partial charge in [-0.15, -0.1) is 11.3 Å². The topological polar surface area (TPSA) is 83.1 Å². The van der Waals surface area contributed by atoms with Gasteiger partial charge in [-0.2, -0.15) is 0 Å². The zero-order chi connectivity index (χ0) is 22.4. The first kappa shape index (κ1) is 23.5. The Morgan fingerprint density at radius 3 is 2.74 bits per heavy atom. The number of pyridine rings is 1. The largest absolute Gasteiger partial charge is 0.376 e. The Labute approximate surface area is 193 Å². The molecule has 2 aromatic heterocycles. The molecular weight excluding hydrogens is 432 g/mol. The minimum atomic E-state index is -0.489. The number of carbonyl (C=O) groups excluding carboxylic acids is 2. The second-order valence-corrected chi connectivity index (χ2v) is 9.71. The molecule has 3 rings (SSSR count). The molecule has 3 N–H and O–H groups in total. The highest BCUT2D eigenvalue weighted by Gasteiger charge is 2.27. The van der Waals surface area contributed by atoms with Crippen molar-refractivity contribution in [1.29, 1.82) is 0 Å². The van der Waals surface area contributed by atoms with Crippen LogP contribution in [0.15, 0.2) is 24.4 Å². The van der Waals surface area contributed by atoms with Crippen LogP contribution in [0.2, 0.25) is 5.02 Å². The van der Waals surface area contributed by atoms with Crippen molar-refractivity contribution in [3.63, 3.8) is 0 Å². The summed E-state index contributed by atoms with van der Waals surface area (Å²) in [7, 11) is 0. The lowest BCUT2D eigenvalue weighted by molar-refractivity contribution is -0.123. The van der Waals surface area contributed by atoms with Gasteiger partial charge in [-0.05, 0) is 51.3 Å². The summed E-state index contributed by atoms with van der Waals surface area (Å²) in [4.78, 5) is 31.3. The van der Waals surface area contributed by atoms with Crippen molar-refractivity contribution in [1.82, 2.24) is 15.6 Å². The third kappa shape index (κ3) is 6.43. The van der Waals surface area contributed by atoms with E-state index in [0.29, 0.717) is 28.8 Å². The molecule has 0 saturated heterocycles. The van der Waals surface area contributed by atoms with Gasteiger partial charge < -0.3 is 16.0 Å². The molecule has 0 radical (unpaired) electrons. The Morgan fingerprint density at radius 1 is 1.29 bits per heavy atom. The highest BCUT2D eigenvalue weighted by molar-refractivity contribution is 7.14. The molecule has 2 heterocycles. The van der Waals surface area contributed by atoms with Crippen LogP contribution >= 0.6 is 22.9 Å². The first-order valence-electron chi connectivity index (χ1n) is 10.9. The first-order valence-corrected chi connectivity index (χ1v) is 12.1. The highest BCUT2D eigenvalue weighted by Crippen LogP contribution is 2.30. The van der Waals surface area contributed by atoms with Crippen LogP contribution in [-0.4, -0.2) is 29.4 Å². The average molecular weight is 463 g/mol. The maximum atomic E-state index is 12.9. The Bertz CT molecular complexity index is 911. The van der Waals surface area contributed by atoms with Crippen LogP contribution in [0.1, 0.15) is 72.2 Å². The molecule has 1 saturated carbocycles. The van der Waals surface area contributed by atoms with Gasteiger partial charge in [-0.25, -0.2) is 0 Å². The molecular formula is C23H31ClN4O2S. The fourth-order valence-corrected chi connectivity index (χ4v) is 5.07. The minimum Gasteiger partial charge on any atom is -0.376 e. The normalized spacial score (nSPS) is 16.0. The van der Waals surface area contributed by atoms with Crippen molar-refractivity contribution in [3.8, 4) is 0 Å². The molecule has 2 atom stereocenters. The SMILES string of the molecule is CCNC(=O)C(CC1CCCC1)NC(=O)c1ccc(C(C)Nc2cc(Cl)cnc2C)s1. The van der Waals surface area contributed by atoms with Crippen LogP contribution in [0.4, 0.5) is 5.69 Å². The maximum Gasteiger partial charge on any atom is 0.262 e. The number of halogens is 1. The number of carbonyl (C=O) groups is 2. The molecule has 2 unspecified atom stereocenters. The summed E-state index contributed by atoms with van der Waals surface area (Å²) < 4.78 is 0. The Kier molecular flexibility index (Phi) is 8.32. The van der Waals surface area contributed by atoms with Crippen LogP contribution in [0.3, 0.4) is 0 Å². The predicted octanol–water partition coefficient (Wildman–Crippen LogP) is 5.09. The Balaban J connectivity index is 1.65. The number of anilines is 1. The van der Waals surface area contributed by atoms with Gasteiger partial charge in [0.15, 0.2) is 0 Å². The van der Waals surface area contributed by atoms with Gasteiger partial charge in [-0.3, -0.25) is 14.6 Å². The van der Waals surface area contributed by atoms with E-state index in [2.05, 4.69) is 20.9 Å². The number of thiophene rings is 1. The number of hydrogen-bond donors (Lipinski definition) is 3. The van der Waals surface area contributed by atoms with Crippen molar-refractivity contribution in [2.24, 2.45) is 5.92 Å². The summed E-state index contributed by atoms with van der Waals surface area (Å²) in [6.07, 6.45) is 7.01. The summed E-state index contributed by atoms with van der Waals surface area (Å²) in [5.41, 5.74) is 1.73. The van der Waals surface area contributed by atoms with Crippen molar-refractivity contribution < 1.29 is 9.59 Å². The number of nitrogens with zero attached hydrogens (tertiary/aromatic N) is 1. The third-order valence-corrected chi connectivity index (χ3v) is 7.19. The predicted molar refractivity (Wildman–Crippen MR) is 127 cm³/mol. The summed E-state index contributed by atoms with van der Waals surface area (Å²) >= 11 is 7.49. The highest BCUT2D eigenvalue weighted by atomic mass is 35.5. The van der Waals surface area contributed by atoms with E-state index in [0.717, 1.165) is 29.1 Å². The van der Waals surface area contributed by atoms with Gasteiger partial charge in [0.1, 0.15) is 6.04 Å². The molecule has 0 aromatic carbocycles. The lowest BCUT2D eigenvalue weighted by Crippen LogP contribution is -2.47. The van der Waals surface area contributed by atoms with Crippen LogP contribution in [0.25, 0.3) is 0 Å². The maximum absolute atomic E-state index is 12.9. The summed E-state index contributed by atoms with van der Waals surface area (Å²) in [6, 6.07) is 5.12. The van der Waals surface area contributed by atoms with Gasteiger partial charge in [0, 0.05) is 17.6 Å². The van der Waals surface area contributed by atoms with E-state index in [1.54, 1.807) is 6.20 Å². The minimum absolute atomic E-state index is 0.0109. The molecule has 0 bridgehead atoms. The quantitative estimate of drug-likeness (QED) is 0.484. The van der Waals surface area contributed by atoms with Crippen molar-refractivity contribution in [3.05, 3.63) is 44.9 Å². The number of amides is 2. The monoisotopic (exact) mass is 462 g/mol. The Hall–Kier alpha value is -2.12. The zero-order valence-corrected chi connectivity index (χ0v) is 19.9. The molecule has 31 heavy (non-hydrogen) atoms. The van der Waals surface area contributed by atoms with Crippen molar-refractivity contribution >= 4 is 40.4 Å². The van der Waals surface area contributed by atoms with E-state index >= 15 is 0 Å². The molecule has 1 aliphatic rings. The fraction of sp³-hybridized carbons (Fsp3) is 0.522. The molecule has 168 valence electrons. The van der Waals surface area contributed by atoms with Crippen LogP contribution in [0, 0.1) is 12.8 Å². The van der Waals surface area contributed by atoms with E-state index in [1.807, 2.05) is 39.0 Å². The number of aryl methyl sites for hydroxylation is 1. The number of nitrogens with one attached hydrogen (secondary N) is 3. The molecule has 2 amide bonds. The number of likely N-dealkylation sites (N-methyl/N-ethyl adjacent to an activating group) is 1. The number of hydrogen-bond acceptors (Lipinski definition) is 5. The van der Waals surface area contributed by atoms with E-state index in [1.165, 1.54) is 24.2 Å². The van der Waals surface area contributed by atoms with Crippen LogP contribution in [-0.2, 0) is 4.79 Å². The van der Waals surface area contributed by atoms with Crippen molar-refractivity contribution in [2.75, 3.05) is 11.9 Å². The first-order chi connectivity index (χ1) is 14.9. The molecule has 1 aliphatic carbocycles. The molecule has 0 spiro atoms. The summed E-state index contributed by atoms with van der Waals surface area (Å²) in [5, 5.41) is 9.82. The van der Waals surface area contributed by atoms with Crippen molar-refractivity contribution in [2.45, 2.75) is 65.0 Å². The van der Waals surface area contributed by atoms with Gasteiger partial charge in [0.2, 0.25) is 5.91 Å². The average Bonchev–Trinajstić information content (AvgIpc) is 3.42. The molecule has 0 aliphatic heterocycles. The standard InChI is InChI=1S/C23H31ClN4O2S/c1-4-25-22(29)19(11-16-7-5-6-8-16)28-23(30)21-10-9-20(31-21)15(3)27-18-12-17(24)13-26-14(18)2/h9-10,12-13,15-16,19,27H,4-8,11H2,1-3H3,(H,25,29)(H,28,30). The Morgan fingerprint density at radius 2 is 2.03 bits per heavy atom. The molecule has 6 nitrogen and oxygen atoms in total. The van der Waals surface area contributed by atoms with E-state index in [-0.39, 0.29) is 17.9 Å². The van der Waals surface area contributed by atoms with Gasteiger partial charge in [-0.1, -0.05) is 37.3 Å². The number of rotatable bonds is 9. The number of aromatic nitrogens is 1.